The molecule has 0 radical (unpaired) electrons. The van der Waals surface area contributed by atoms with Gasteiger partial charge in [0.2, 0.25) is 0 Å². The van der Waals surface area contributed by atoms with E-state index >= 15 is 0 Å². The number of piperazine rings is 1. The Hall–Kier alpha value is -1.83. The van der Waals surface area contributed by atoms with Crippen LogP contribution in [-0.4, -0.2) is 82.6 Å². The van der Waals surface area contributed by atoms with Crippen molar-refractivity contribution in [3.05, 3.63) is 36.6 Å². The van der Waals surface area contributed by atoms with Gasteiger partial charge in [0.25, 0.3) is 0 Å². The van der Waals surface area contributed by atoms with Gasteiger partial charge < -0.3 is 16.0 Å². The largest absolute Gasteiger partial charge is 0.376 e. The lowest BCUT2D eigenvalue weighted by atomic mass is 9.94. The highest BCUT2D eigenvalue weighted by molar-refractivity contribution is 7.80. The van der Waals surface area contributed by atoms with E-state index in [2.05, 4.69) is 71.0 Å². The zero-order chi connectivity index (χ0) is 21.0. The van der Waals surface area contributed by atoms with Crippen molar-refractivity contribution in [3.63, 3.8) is 0 Å². The molecular formula is C22H36N6S. The minimum atomic E-state index is 0. The van der Waals surface area contributed by atoms with Crippen LogP contribution in [0.2, 0.25) is 0 Å². The molecular weight excluding hydrogens is 380 g/mol. The molecule has 6 nitrogen and oxygen atoms in total. The monoisotopic (exact) mass is 416 g/mol. The molecule has 4 unspecified atom stereocenters. The summed E-state index contributed by atoms with van der Waals surface area (Å²) >= 11 is 5.07. The second kappa shape index (κ2) is 9.78. The number of nitrogens with zero attached hydrogens (tertiary/aromatic N) is 4. The van der Waals surface area contributed by atoms with E-state index in [1.807, 2.05) is 6.20 Å². The molecule has 0 amide bonds. The summed E-state index contributed by atoms with van der Waals surface area (Å²) in [6.45, 7) is 8.47. The quantitative estimate of drug-likeness (QED) is 0.643. The van der Waals surface area contributed by atoms with Crippen LogP contribution in [0.5, 0.6) is 0 Å². The summed E-state index contributed by atoms with van der Waals surface area (Å²) in [4.78, 5) is 11.2. The number of likely N-dealkylation sites (tertiary alicyclic amines) is 1. The van der Waals surface area contributed by atoms with Gasteiger partial charge in [-0.05, 0) is 38.5 Å². The molecule has 4 atom stereocenters. The van der Waals surface area contributed by atoms with E-state index in [1.165, 1.54) is 0 Å². The van der Waals surface area contributed by atoms with Crippen molar-refractivity contribution in [1.82, 2.24) is 14.7 Å². The van der Waals surface area contributed by atoms with Crippen molar-refractivity contribution in [3.8, 4) is 0 Å². The summed E-state index contributed by atoms with van der Waals surface area (Å²) < 4.78 is 0. The standard InChI is InChI=1S/C13H21N3S.C9H13N3.H2/c1-10-5-3-4-6-12(10)15-7-8-16(13(14)17)11(2)9-15;1-12-6-4-7(10)9-8(12)3-2-5-11-9;/h3-6,10-12H,7-9H2,1-2H3,(H2,14,17);2,5,8,10H,3-4,6H2,1H3;1H. The molecule has 0 aromatic rings. The van der Waals surface area contributed by atoms with Crippen LogP contribution < -0.4 is 5.73 Å². The molecule has 0 saturated carbocycles. The molecule has 4 aliphatic rings. The lowest BCUT2D eigenvalue weighted by Crippen LogP contribution is -2.58. The third kappa shape index (κ3) is 5.21. The number of hydrogen-bond donors (Lipinski definition) is 2. The molecule has 3 heterocycles. The number of piperidine rings is 1. The lowest BCUT2D eigenvalue weighted by Gasteiger charge is -2.44. The maximum Gasteiger partial charge on any atom is 0.166 e. The Kier molecular flexibility index (Phi) is 7.38. The number of nitrogens with two attached hydrogens (primary N) is 1. The van der Waals surface area contributed by atoms with E-state index in [0.717, 1.165) is 50.4 Å². The van der Waals surface area contributed by atoms with Crippen molar-refractivity contribution in [2.24, 2.45) is 16.6 Å². The second-order valence-electron chi connectivity index (χ2n) is 8.35. The molecule has 0 aromatic heterocycles. The SMILES string of the molecule is CC1C=CC=CC1N1CCN(C(N)=S)C(C)C1.CN1CCC(=N)C2=NC=CCC21.[HH]. The summed E-state index contributed by atoms with van der Waals surface area (Å²) in [5.74, 6) is 0.587. The Morgan fingerprint density at radius 3 is 2.66 bits per heavy atom. The van der Waals surface area contributed by atoms with E-state index in [-0.39, 0.29) is 1.43 Å². The fourth-order valence-corrected chi connectivity index (χ4v) is 4.78. The predicted molar refractivity (Wildman–Crippen MR) is 128 cm³/mol. The molecule has 0 aromatic carbocycles. The highest BCUT2D eigenvalue weighted by atomic mass is 32.1. The van der Waals surface area contributed by atoms with Gasteiger partial charge in [-0.2, -0.15) is 0 Å². The van der Waals surface area contributed by atoms with Gasteiger partial charge in [0.1, 0.15) is 0 Å². The second-order valence-corrected chi connectivity index (χ2v) is 8.77. The maximum atomic E-state index is 7.71. The fraction of sp³-hybridized carbons (Fsp3) is 0.591. The van der Waals surface area contributed by atoms with Gasteiger partial charge in [0.05, 0.1) is 17.5 Å². The number of hydrogen-bond acceptors (Lipinski definition) is 5. The van der Waals surface area contributed by atoms with Crippen molar-refractivity contribution in [2.75, 3.05) is 33.2 Å². The summed E-state index contributed by atoms with van der Waals surface area (Å²) in [6, 6.07) is 1.31. The summed E-state index contributed by atoms with van der Waals surface area (Å²) in [5, 5.41) is 8.24. The average molecular weight is 417 g/mol. The molecule has 0 bridgehead atoms. The molecule has 7 heteroatoms. The molecule has 3 aliphatic heterocycles. The predicted octanol–water partition coefficient (Wildman–Crippen LogP) is 2.68. The minimum Gasteiger partial charge on any atom is -0.376 e. The van der Waals surface area contributed by atoms with Gasteiger partial charge in [-0.3, -0.25) is 14.8 Å². The van der Waals surface area contributed by atoms with E-state index < -0.39 is 0 Å². The Balaban J connectivity index is 0.000000218. The van der Waals surface area contributed by atoms with Crippen LogP contribution >= 0.6 is 12.2 Å². The molecule has 0 spiro atoms. The van der Waals surface area contributed by atoms with Gasteiger partial charge in [-0.15, -0.1) is 0 Å². The molecule has 1 aliphatic carbocycles. The Bertz CT molecular complexity index is 746. The van der Waals surface area contributed by atoms with Crippen LogP contribution in [0.15, 0.2) is 41.6 Å². The molecule has 2 saturated heterocycles. The van der Waals surface area contributed by atoms with Gasteiger partial charge in [-0.1, -0.05) is 37.3 Å². The highest BCUT2D eigenvalue weighted by Gasteiger charge is 2.30. The van der Waals surface area contributed by atoms with Crippen molar-refractivity contribution < 1.29 is 1.43 Å². The summed E-state index contributed by atoms with van der Waals surface area (Å²) in [5.41, 5.74) is 7.42. The fourth-order valence-electron chi connectivity index (χ4n) is 4.50. The number of nitrogens with one attached hydrogen (secondary N) is 1. The van der Waals surface area contributed by atoms with Crippen molar-refractivity contribution in [2.45, 2.75) is 44.8 Å². The number of rotatable bonds is 1. The van der Waals surface area contributed by atoms with Gasteiger partial charge in [0.15, 0.2) is 5.11 Å². The zero-order valence-electron chi connectivity index (χ0n) is 17.8. The van der Waals surface area contributed by atoms with E-state index in [4.69, 9.17) is 23.4 Å². The van der Waals surface area contributed by atoms with Crippen LogP contribution in [0, 0.1) is 11.3 Å². The first kappa shape index (κ1) is 21.9. The first-order valence-electron chi connectivity index (χ1n) is 10.5. The Morgan fingerprint density at radius 2 is 2.00 bits per heavy atom. The normalized spacial score (nSPS) is 32.3. The maximum absolute atomic E-state index is 7.71. The summed E-state index contributed by atoms with van der Waals surface area (Å²) in [6.07, 6.45) is 14.6. The van der Waals surface area contributed by atoms with E-state index in [1.54, 1.807) is 0 Å². The third-order valence-electron chi connectivity index (χ3n) is 6.29. The van der Waals surface area contributed by atoms with Crippen molar-refractivity contribution in [1.29, 1.82) is 5.41 Å². The first-order chi connectivity index (χ1) is 13.9. The molecule has 160 valence electrons. The van der Waals surface area contributed by atoms with Gasteiger partial charge >= 0.3 is 0 Å². The Labute approximate surface area is 181 Å². The van der Waals surface area contributed by atoms with Crippen LogP contribution in [0.1, 0.15) is 28.1 Å². The molecule has 2 fully saturated rings. The number of aliphatic imine (C=N–C) groups is 1. The van der Waals surface area contributed by atoms with Crippen LogP contribution in [0.25, 0.3) is 0 Å². The van der Waals surface area contributed by atoms with Crippen LogP contribution in [0.3, 0.4) is 0 Å². The highest BCUT2D eigenvalue weighted by Crippen LogP contribution is 2.21. The third-order valence-corrected chi connectivity index (χ3v) is 6.52. The smallest absolute Gasteiger partial charge is 0.166 e. The lowest BCUT2D eigenvalue weighted by molar-refractivity contribution is 0.0999. The molecule has 3 N–H and O–H groups in total. The van der Waals surface area contributed by atoms with E-state index in [0.29, 0.717) is 29.2 Å². The van der Waals surface area contributed by atoms with Crippen LogP contribution in [0.4, 0.5) is 0 Å². The van der Waals surface area contributed by atoms with Crippen molar-refractivity contribution >= 4 is 28.8 Å². The average Bonchev–Trinajstić information content (AvgIpc) is 2.71. The summed E-state index contributed by atoms with van der Waals surface area (Å²) in [7, 11) is 2.10. The van der Waals surface area contributed by atoms with E-state index in [9.17, 15) is 0 Å². The number of thiocarbonyl (C=S) groups is 1. The first-order valence-corrected chi connectivity index (χ1v) is 10.9. The topological polar surface area (TPSA) is 72.0 Å². The van der Waals surface area contributed by atoms with Gasteiger partial charge in [0, 0.05) is 52.3 Å². The minimum absolute atomic E-state index is 0. The van der Waals surface area contributed by atoms with Crippen LogP contribution in [-0.2, 0) is 0 Å². The van der Waals surface area contributed by atoms with Gasteiger partial charge in [-0.25, -0.2) is 0 Å². The number of allylic oxidation sites excluding steroid dienone is 2. The number of fused-ring (bicyclic) bond motifs is 1. The zero-order valence-corrected chi connectivity index (χ0v) is 18.6. The Morgan fingerprint density at radius 1 is 1.24 bits per heavy atom. The molecule has 29 heavy (non-hydrogen) atoms. The molecule has 4 rings (SSSR count).